The number of aromatic nitrogens is 2. The number of aryl methyl sites for hydroxylation is 2. The van der Waals surface area contributed by atoms with E-state index in [9.17, 15) is 0 Å². The van der Waals surface area contributed by atoms with Gasteiger partial charge in [0.1, 0.15) is 11.0 Å². The van der Waals surface area contributed by atoms with E-state index in [2.05, 4.69) is 67.7 Å². The Bertz CT molecular complexity index is 1540. The van der Waals surface area contributed by atoms with Crippen LogP contribution in [0, 0.1) is 13.8 Å². The monoisotopic (exact) mass is 771 g/mol. The molecule has 4 heteroatoms. The fourth-order valence-electron chi connectivity index (χ4n) is 9.80. The molecule has 2 aliphatic rings. The van der Waals surface area contributed by atoms with Crippen LogP contribution in [0.1, 0.15) is 239 Å². The smallest absolute Gasteiger partial charge is 0.112 e. The Morgan fingerprint density at radius 3 is 1.48 bits per heavy atom. The first-order valence-electron chi connectivity index (χ1n) is 23.4. The molecule has 0 amide bonds. The molecule has 300 valence electrons. The molecular weight excluding hydrogens is 693 g/mol. The van der Waals surface area contributed by atoms with Gasteiger partial charge in [-0.05, 0) is 67.0 Å². The number of benzene rings is 1. The Hall–Kier alpha value is -1.78. The lowest BCUT2D eigenvalue weighted by Gasteiger charge is -2.33. The zero-order valence-corrected chi connectivity index (χ0v) is 37.1. The third-order valence-electron chi connectivity index (χ3n) is 13.0. The van der Waals surface area contributed by atoms with Crippen molar-refractivity contribution in [1.82, 2.24) is 8.75 Å². The first-order chi connectivity index (χ1) is 26.6. The van der Waals surface area contributed by atoms with Crippen molar-refractivity contribution in [3.05, 3.63) is 56.3 Å². The van der Waals surface area contributed by atoms with E-state index in [4.69, 9.17) is 4.37 Å². The zero-order valence-electron chi connectivity index (χ0n) is 35.4. The summed E-state index contributed by atoms with van der Waals surface area (Å²) in [6.45, 7) is 9.15. The summed E-state index contributed by atoms with van der Waals surface area (Å²) in [5.41, 5.74) is 11.4. The van der Waals surface area contributed by atoms with Gasteiger partial charge < -0.3 is 0 Å². The second kappa shape index (κ2) is 24.1. The van der Waals surface area contributed by atoms with Crippen LogP contribution in [-0.2, 0) is 5.41 Å². The summed E-state index contributed by atoms with van der Waals surface area (Å²) in [7, 11) is 0. The van der Waals surface area contributed by atoms with E-state index in [0.717, 1.165) is 17.5 Å². The van der Waals surface area contributed by atoms with Crippen LogP contribution in [0.5, 0.6) is 0 Å². The van der Waals surface area contributed by atoms with Crippen molar-refractivity contribution >= 4 is 45.2 Å². The summed E-state index contributed by atoms with van der Waals surface area (Å²) >= 11 is 3.44. The molecule has 0 spiro atoms. The van der Waals surface area contributed by atoms with Crippen molar-refractivity contribution in [3.8, 4) is 0 Å². The molecule has 5 rings (SSSR count). The minimum atomic E-state index is 0.190. The molecule has 0 aliphatic heterocycles. The van der Waals surface area contributed by atoms with Crippen LogP contribution >= 0.6 is 23.1 Å². The molecule has 0 saturated heterocycles. The van der Waals surface area contributed by atoms with Crippen molar-refractivity contribution in [2.24, 2.45) is 0 Å². The molecule has 0 saturated carbocycles. The van der Waals surface area contributed by atoms with E-state index in [1.807, 2.05) is 0 Å². The number of allylic oxidation sites excluding steroid dienone is 4. The third-order valence-corrected chi connectivity index (χ3v) is 14.7. The second-order valence-electron chi connectivity index (χ2n) is 17.5. The molecule has 0 atom stereocenters. The van der Waals surface area contributed by atoms with Crippen molar-refractivity contribution < 1.29 is 0 Å². The highest BCUT2D eigenvalue weighted by Crippen LogP contribution is 2.60. The lowest BCUT2D eigenvalue weighted by molar-refractivity contribution is 0.395. The standard InChI is InChI=1S/C50H78N2S2/c1-5-7-9-11-13-15-17-19-21-23-25-27-29-31-35-50(36-32-30-28-26-24-22-20-18-16-14-12-10-8-6-2)45-39-42(38-44(45)49-46(50)37-41(4)53-49)43-34-33-40(3)47-48(43)52-54-51-47/h33-34,37,39H,5-32,35-36,38H2,1-4H3. The SMILES string of the molecule is CCCCCCCCCCCCCCCCC1(CCCCCCCCCCCCCCCC)C2=C(CC(c3ccc(C)c4nsnc34)=C2)c2sc(C)cc21. The van der Waals surface area contributed by atoms with E-state index in [0.29, 0.717) is 0 Å². The number of nitrogens with zero attached hydrogens (tertiary/aromatic N) is 2. The van der Waals surface area contributed by atoms with Crippen LogP contribution in [0.2, 0.25) is 0 Å². The average Bonchev–Trinajstić information content (AvgIpc) is 3.97. The minimum Gasteiger partial charge on any atom is -0.173 e. The molecule has 0 radical (unpaired) electrons. The maximum absolute atomic E-state index is 4.82. The van der Waals surface area contributed by atoms with Crippen molar-refractivity contribution in [2.75, 3.05) is 0 Å². The van der Waals surface area contributed by atoms with E-state index in [1.165, 1.54) is 226 Å². The van der Waals surface area contributed by atoms with E-state index >= 15 is 0 Å². The third kappa shape index (κ3) is 12.4. The van der Waals surface area contributed by atoms with Gasteiger partial charge in [-0.1, -0.05) is 212 Å². The summed E-state index contributed by atoms with van der Waals surface area (Å²) < 4.78 is 9.50. The summed E-state index contributed by atoms with van der Waals surface area (Å²) in [5, 5.41) is 0. The number of fused-ring (bicyclic) bond motifs is 3. The molecule has 0 N–H and O–H groups in total. The number of unbranched alkanes of at least 4 members (excludes halogenated alkanes) is 26. The normalized spacial score (nSPS) is 14.8. The lowest BCUT2D eigenvalue weighted by Crippen LogP contribution is -2.26. The van der Waals surface area contributed by atoms with Crippen LogP contribution in [0.15, 0.2) is 29.8 Å². The lowest BCUT2D eigenvalue weighted by atomic mass is 9.70. The van der Waals surface area contributed by atoms with Gasteiger partial charge in [-0.25, -0.2) is 0 Å². The van der Waals surface area contributed by atoms with Crippen LogP contribution in [0.25, 0.3) is 22.2 Å². The van der Waals surface area contributed by atoms with Gasteiger partial charge in [-0.2, -0.15) is 8.75 Å². The molecule has 0 fully saturated rings. The summed E-state index contributed by atoms with van der Waals surface area (Å²) in [5.74, 6) is 0. The Labute approximate surface area is 340 Å². The second-order valence-corrected chi connectivity index (χ2v) is 19.3. The molecule has 3 aromatic rings. The van der Waals surface area contributed by atoms with Gasteiger partial charge in [0.2, 0.25) is 0 Å². The Morgan fingerprint density at radius 2 is 1.00 bits per heavy atom. The quantitative estimate of drug-likeness (QED) is 0.0609. The zero-order chi connectivity index (χ0) is 37.9. The predicted octanol–water partition coefficient (Wildman–Crippen LogP) is 17.6. The maximum Gasteiger partial charge on any atom is 0.112 e. The number of thiophene rings is 1. The molecular formula is C50H78N2S2. The van der Waals surface area contributed by atoms with Crippen LogP contribution in [-0.4, -0.2) is 8.75 Å². The molecule has 0 bridgehead atoms. The molecule has 1 aromatic carbocycles. The molecule has 2 heterocycles. The van der Waals surface area contributed by atoms with Gasteiger partial charge >= 0.3 is 0 Å². The van der Waals surface area contributed by atoms with Gasteiger partial charge in [-0.3, -0.25) is 0 Å². The van der Waals surface area contributed by atoms with Crippen molar-refractivity contribution in [3.63, 3.8) is 0 Å². The van der Waals surface area contributed by atoms with Gasteiger partial charge in [0, 0.05) is 20.7 Å². The Kier molecular flexibility index (Phi) is 19.3. The summed E-state index contributed by atoms with van der Waals surface area (Å²) in [4.78, 5) is 3.11. The molecule has 54 heavy (non-hydrogen) atoms. The Balaban J connectivity index is 1.14. The highest BCUT2D eigenvalue weighted by atomic mass is 32.1. The predicted molar refractivity (Wildman–Crippen MR) is 242 cm³/mol. The number of hydrogen-bond acceptors (Lipinski definition) is 4. The molecule has 0 unspecified atom stereocenters. The van der Waals surface area contributed by atoms with Gasteiger partial charge in [0.15, 0.2) is 0 Å². The molecule has 2 aromatic heterocycles. The van der Waals surface area contributed by atoms with E-state index < -0.39 is 0 Å². The molecule has 2 aliphatic carbocycles. The highest BCUT2D eigenvalue weighted by molar-refractivity contribution is 7.13. The first kappa shape index (κ1) is 43.3. The topological polar surface area (TPSA) is 25.8 Å². The Morgan fingerprint density at radius 1 is 0.556 bits per heavy atom. The van der Waals surface area contributed by atoms with Crippen molar-refractivity contribution in [2.45, 2.75) is 232 Å². The highest BCUT2D eigenvalue weighted by Gasteiger charge is 2.46. The van der Waals surface area contributed by atoms with Crippen LogP contribution < -0.4 is 0 Å². The average molecular weight is 771 g/mol. The van der Waals surface area contributed by atoms with Crippen LogP contribution in [0.3, 0.4) is 0 Å². The molecule has 2 nitrogen and oxygen atoms in total. The maximum atomic E-state index is 4.82. The fraction of sp³-hybridized carbons (Fsp3) is 0.720. The minimum absolute atomic E-state index is 0.190. The van der Waals surface area contributed by atoms with Crippen LogP contribution in [0.4, 0.5) is 0 Å². The first-order valence-corrected chi connectivity index (χ1v) is 24.9. The summed E-state index contributed by atoms with van der Waals surface area (Å²) in [6.07, 6.45) is 46.2. The summed E-state index contributed by atoms with van der Waals surface area (Å²) in [6, 6.07) is 7.20. The van der Waals surface area contributed by atoms with Gasteiger partial charge in [-0.15, -0.1) is 11.3 Å². The van der Waals surface area contributed by atoms with E-state index in [-0.39, 0.29) is 5.41 Å². The fourth-order valence-corrected chi connectivity index (χ4v) is 11.6. The van der Waals surface area contributed by atoms with Crippen molar-refractivity contribution in [1.29, 1.82) is 0 Å². The number of hydrogen-bond donors (Lipinski definition) is 0. The largest absolute Gasteiger partial charge is 0.173 e. The van der Waals surface area contributed by atoms with E-state index in [1.54, 1.807) is 21.6 Å². The number of rotatable bonds is 31. The van der Waals surface area contributed by atoms with Gasteiger partial charge in [0.05, 0.1) is 11.7 Å². The van der Waals surface area contributed by atoms with Gasteiger partial charge in [0.25, 0.3) is 0 Å².